The molecule has 0 bridgehead atoms. The van der Waals surface area contributed by atoms with Gasteiger partial charge in [0.2, 0.25) is 5.91 Å². The molecule has 0 aliphatic carbocycles. The Labute approximate surface area is 161 Å². The number of benzene rings is 1. The molecule has 0 saturated carbocycles. The molecule has 0 saturated heterocycles. The molecule has 0 aliphatic heterocycles. The van der Waals surface area contributed by atoms with Crippen molar-refractivity contribution < 1.29 is 28.2 Å². The smallest absolute Gasteiger partial charge is 0.333 e. The van der Waals surface area contributed by atoms with Crippen molar-refractivity contribution in [3.63, 3.8) is 0 Å². The Morgan fingerprint density at radius 3 is 2.54 bits per heavy atom. The van der Waals surface area contributed by atoms with Gasteiger partial charge in [-0.3, -0.25) is 9.59 Å². The van der Waals surface area contributed by atoms with E-state index >= 15 is 0 Å². The maximum Gasteiger partial charge on any atom is 0.333 e. The minimum atomic E-state index is -2.78. The number of aliphatic carboxylic acids is 1. The van der Waals surface area contributed by atoms with Crippen LogP contribution in [-0.4, -0.2) is 40.4 Å². The van der Waals surface area contributed by atoms with Gasteiger partial charge in [-0.05, 0) is 31.9 Å². The van der Waals surface area contributed by atoms with Gasteiger partial charge in [-0.1, -0.05) is 18.2 Å². The molecule has 0 fully saturated rings. The molecule has 1 unspecified atom stereocenters. The number of carboxylic acids is 1. The summed E-state index contributed by atoms with van der Waals surface area (Å²) in [6.45, 7) is 0.146. The van der Waals surface area contributed by atoms with Crippen LogP contribution in [0.2, 0.25) is 0 Å². The number of halogens is 2. The minimum absolute atomic E-state index is 0.0900. The quantitative estimate of drug-likeness (QED) is 0.681. The molecule has 1 aromatic carbocycles. The summed E-state index contributed by atoms with van der Waals surface area (Å²) in [5, 5.41) is 15.8. The van der Waals surface area contributed by atoms with Gasteiger partial charge < -0.3 is 15.2 Å². The van der Waals surface area contributed by atoms with Crippen LogP contribution in [-0.2, 0) is 22.4 Å². The fourth-order valence-corrected chi connectivity index (χ4v) is 2.99. The second kappa shape index (κ2) is 9.29. The Kier molecular flexibility index (Phi) is 7.08. The number of carbonyl (C=O) groups excluding carboxylic acids is 1. The molecule has 28 heavy (non-hydrogen) atoms. The van der Waals surface area contributed by atoms with Crippen molar-refractivity contribution in [3.8, 4) is 5.75 Å². The molecular formula is C19H23F2N3O4. The third-order valence-corrected chi connectivity index (χ3v) is 4.55. The number of para-hydroxylation sites is 1. The van der Waals surface area contributed by atoms with Crippen LogP contribution in [0.4, 0.5) is 8.78 Å². The number of alkyl halides is 2. The predicted molar refractivity (Wildman–Crippen MR) is 97.5 cm³/mol. The first-order valence-electron chi connectivity index (χ1n) is 8.68. The molecule has 0 spiro atoms. The van der Waals surface area contributed by atoms with E-state index in [4.69, 9.17) is 4.74 Å². The van der Waals surface area contributed by atoms with Gasteiger partial charge in [0.1, 0.15) is 5.75 Å². The zero-order chi connectivity index (χ0) is 20.8. The molecule has 2 aromatic rings. The molecule has 1 amide bonds. The fourth-order valence-electron chi connectivity index (χ4n) is 2.99. The Morgan fingerprint density at radius 1 is 1.29 bits per heavy atom. The monoisotopic (exact) mass is 395 g/mol. The van der Waals surface area contributed by atoms with Crippen LogP contribution in [0.15, 0.2) is 24.3 Å². The van der Waals surface area contributed by atoms with E-state index in [0.717, 1.165) is 5.56 Å². The number of aromatic nitrogens is 2. The summed E-state index contributed by atoms with van der Waals surface area (Å²) >= 11 is 0. The number of amides is 1. The normalized spacial score (nSPS) is 12.1. The van der Waals surface area contributed by atoms with Crippen LogP contribution >= 0.6 is 0 Å². The number of rotatable bonds is 9. The van der Waals surface area contributed by atoms with E-state index in [0.29, 0.717) is 21.7 Å². The molecule has 1 heterocycles. The van der Waals surface area contributed by atoms with Gasteiger partial charge in [-0.25, -0.2) is 4.68 Å². The fraction of sp³-hybridized carbons (Fsp3) is 0.421. The number of carboxylic acid groups (broad SMARTS) is 1. The molecular weight excluding hydrogens is 372 g/mol. The molecule has 1 aromatic heterocycles. The molecule has 0 radical (unpaired) electrons. The number of hydrogen-bond acceptors (Lipinski definition) is 4. The Hall–Kier alpha value is -2.97. The van der Waals surface area contributed by atoms with Crippen molar-refractivity contribution in [2.24, 2.45) is 5.92 Å². The molecule has 0 aliphatic rings. The maximum absolute atomic E-state index is 12.9. The second-order valence-electron chi connectivity index (χ2n) is 6.40. The van der Waals surface area contributed by atoms with Crippen LogP contribution in [0, 0.1) is 19.8 Å². The first kappa shape index (κ1) is 21.3. The third kappa shape index (κ3) is 5.05. The van der Waals surface area contributed by atoms with Crippen LogP contribution in [0.5, 0.6) is 5.75 Å². The summed E-state index contributed by atoms with van der Waals surface area (Å²) in [6.07, 6.45) is 0.0341. The van der Waals surface area contributed by atoms with E-state index in [9.17, 15) is 23.5 Å². The molecule has 7 nitrogen and oxygen atoms in total. The van der Waals surface area contributed by atoms with Gasteiger partial charge in [0, 0.05) is 17.8 Å². The molecule has 1 atom stereocenters. The zero-order valence-corrected chi connectivity index (χ0v) is 15.9. The van der Waals surface area contributed by atoms with Gasteiger partial charge in [-0.2, -0.15) is 13.9 Å². The highest BCUT2D eigenvalue weighted by atomic mass is 19.3. The lowest BCUT2D eigenvalue weighted by Gasteiger charge is -2.15. The van der Waals surface area contributed by atoms with Gasteiger partial charge in [0.15, 0.2) is 0 Å². The lowest BCUT2D eigenvalue weighted by molar-refractivity contribution is -0.141. The number of carbonyl (C=O) groups is 2. The van der Waals surface area contributed by atoms with E-state index in [-0.39, 0.29) is 25.1 Å². The largest absolute Gasteiger partial charge is 0.496 e. The average molecular weight is 395 g/mol. The van der Waals surface area contributed by atoms with E-state index in [1.165, 1.54) is 14.0 Å². The second-order valence-corrected chi connectivity index (χ2v) is 6.40. The SMILES string of the molecule is COc1ccccc1CC(CNC(=O)Cc1c(C)nn(C(F)F)c1C)C(=O)O. The van der Waals surface area contributed by atoms with Crippen LogP contribution in [0.1, 0.15) is 29.1 Å². The number of hydrogen-bond donors (Lipinski definition) is 2. The number of methoxy groups -OCH3 is 1. The Morgan fingerprint density at radius 2 is 1.96 bits per heavy atom. The molecule has 9 heteroatoms. The number of aryl methyl sites for hydroxylation is 1. The zero-order valence-electron chi connectivity index (χ0n) is 15.9. The van der Waals surface area contributed by atoms with Crippen molar-refractivity contribution in [2.75, 3.05) is 13.7 Å². The van der Waals surface area contributed by atoms with Crippen LogP contribution in [0.25, 0.3) is 0 Å². The van der Waals surface area contributed by atoms with Gasteiger partial charge in [0.25, 0.3) is 0 Å². The van der Waals surface area contributed by atoms with E-state index in [1.54, 1.807) is 31.2 Å². The van der Waals surface area contributed by atoms with E-state index in [2.05, 4.69) is 10.4 Å². The lowest BCUT2D eigenvalue weighted by Crippen LogP contribution is -2.35. The van der Waals surface area contributed by atoms with Crippen molar-refractivity contribution in [3.05, 3.63) is 46.8 Å². The van der Waals surface area contributed by atoms with E-state index < -0.39 is 24.3 Å². The van der Waals surface area contributed by atoms with Gasteiger partial charge in [-0.15, -0.1) is 0 Å². The number of nitrogens with zero attached hydrogens (tertiary/aromatic N) is 2. The average Bonchev–Trinajstić information content (AvgIpc) is 2.93. The Bertz CT molecular complexity index is 852. The number of nitrogens with one attached hydrogen (secondary N) is 1. The highest BCUT2D eigenvalue weighted by molar-refractivity contribution is 5.80. The highest BCUT2D eigenvalue weighted by Crippen LogP contribution is 2.22. The van der Waals surface area contributed by atoms with Crippen molar-refractivity contribution in [2.45, 2.75) is 33.2 Å². The summed E-state index contributed by atoms with van der Waals surface area (Å²) in [5.74, 6) is -1.78. The summed E-state index contributed by atoms with van der Waals surface area (Å²) in [7, 11) is 1.50. The predicted octanol–water partition coefficient (Wildman–Crippen LogP) is 2.51. The maximum atomic E-state index is 12.9. The van der Waals surface area contributed by atoms with Gasteiger partial charge >= 0.3 is 12.5 Å². The van der Waals surface area contributed by atoms with Crippen molar-refractivity contribution in [1.29, 1.82) is 0 Å². The first-order chi connectivity index (χ1) is 13.2. The van der Waals surface area contributed by atoms with Crippen LogP contribution < -0.4 is 10.1 Å². The third-order valence-electron chi connectivity index (χ3n) is 4.55. The summed E-state index contributed by atoms with van der Waals surface area (Å²) in [6, 6.07) is 7.06. The van der Waals surface area contributed by atoms with Crippen LogP contribution in [0.3, 0.4) is 0 Å². The Balaban J connectivity index is 2.02. The first-order valence-corrected chi connectivity index (χ1v) is 8.68. The summed E-state index contributed by atoms with van der Waals surface area (Å²) < 4.78 is 31.6. The highest BCUT2D eigenvalue weighted by Gasteiger charge is 2.22. The standard InChI is InChI=1S/C19H23F2N3O4/c1-11-15(12(2)24(23-11)19(20)21)9-17(25)22-10-14(18(26)27)8-13-6-4-5-7-16(13)28-3/h4-7,14,19H,8-10H2,1-3H3,(H,22,25)(H,26,27). The van der Waals surface area contributed by atoms with Crippen molar-refractivity contribution in [1.82, 2.24) is 15.1 Å². The molecule has 2 N–H and O–H groups in total. The van der Waals surface area contributed by atoms with Gasteiger partial charge in [0.05, 0.1) is 25.1 Å². The van der Waals surface area contributed by atoms with Crippen molar-refractivity contribution >= 4 is 11.9 Å². The molecule has 2 rings (SSSR count). The lowest BCUT2D eigenvalue weighted by atomic mass is 9.98. The summed E-state index contributed by atoms with van der Waals surface area (Å²) in [5.41, 5.74) is 1.69. The topological polar surface area (TPSA) is 93.5 Å². The minimum Gasteiger partial charge on any atom is -0.496 e. The van der Waals surface area contributed by atoms with E-state index in [1.807, 2.05) is 0 Å². The number of ether oxygens (including phenoxy) is 1. The molecule has 152 valence electrons. The summed E-state index contributed by atoms with van der Waals surface area (Å²) in [4.78, 5) is 23.8.